The van der Waals surface area contributed by atoms with E-state index < -0.39 is 0 Å². The van der Waals surface area contributed by atoms with Crippen molar-refractivity contribution in [2.45, 2.75) is 122 Å². The van der Waals surface area contributed by atoms with Gasteiger partial charge in [-0.1, -0.05) is 36.8 Å². The highest BCUT2D eigenvalue weighted by atomic mass is 16.7. The lowest BCUT2D eigenvalue weighted by molar-refractivity contribution is -0.206. The van der Waals surface area contributed by atoms with Crippen LogP contribution in [0.15, 0.2) is 11.6 Å². The minimum Gasteiger partial charge on any atom is -0.392 e. The van der Waals surface area contributed by atoms with Crippen molar-refractivity contribution in [3.8, 4) is 23.7 Å². The molecule has 3 saturated carbocycles. The Labute approximate surface area is 224 Å². The van der Waals surface area contributed by atoms with E-state index in [4.69, 9.17) is 18.9 Å². The van der Waals surface area contributed by atoms with Gasteiger partial charge in [-0.15, -0.1) is 11.8 Å². The van der Waals surface area contributed by atoms with Gasteiger partial charge >= 0.3 is 0 Å². The minimum atomic E-state index is -0.158. The maximum atomic E-state index is 9.48. The highest BCUT2D eigenvalue weighted by molar-refractivity contribution is 5.24. The maximum absolute atomic E-state index is 9.48. The fourth-order valence-electron chi connectivity index (χ4n) is 7.09. The van der Waals surface area contributed by atoms with Gasteiger partial charge < -0.3 is 24.1 Å². The zero-order valence-electron chi connectivity index (χ0n) is 22.7. The second kappa shape index (κ2) is 13.1. The van der Waals surface area contributed by atoms with Gasteiger partial charge in [0.05, 0.1) is 18.6 Å². The predicted molar refractivity (Wildman–Crippen MR) is 143 cm³/mol. The van der Waals surface area contributed by atoms with Gasteiger partial charge in [-0.25, -0.2) is 0 Å². The highest BCUT2D eigenvalue weighted by Gasteiger charge is 2.49. The normalized spacial score (nSPS) is 36.5. The topological polar surface area (TPSA) is 57.2 Å². The molecule has 1 N–H and O–H groups in total. The first kappa shape index (κ1) is 27.2. The van der Waals surface area contributed by atoms with E-state index in [9.17, 15) is 5.11 Å². The summed E-state index contributed by atoms with van der Waals surface area (Å²) < 4.78 is 25.2. The van der Waals surface area contributed by atoms with Crippen LogP contribution >= 0.6 is 0 Å². The Morgan fingerprint density at radius 3 is 2.46 bits per heavy atom. The molecule has 0 aromatic heterocycles. The second-order valence-electron chi connectivity index (χ2n) is 11.8. The van der Waals surface area contributed by atoms with Crippen molar-refractivity contribution < 1.29 is 24.1 Å². The lowest BCUT2D eigenvalue weighted by atomic mass is 9.63. The molecule has 2 saturated heterocycles. The van der Waals surface area contributed by atoms with Crippen molar-refractivity contribution in [2.75, 3.05) is 19.8 Å². The summed E-state index contributed by atoms with van der Waals surface area (Å²) in [5.74, 6) is 15.4. The summed E-state index contributed by atoms with van der Waals surface area (Å²) >= 11 is 0. The molecule has 5 nitrogen and oxygen atoms in total. The molecule has 2 unspecified atom stereocenters. The molecular weight excluding hydrogens is 464 g/mol. The molecule has 5 fully saturated rings. The van der Waals surface area contributed by atoms with Gasteiger partial charge in [0.15, 0.2) is 12.6 Å². The molecule has 5 rings (SSSR count). The zero-order valence-corrected chi connectivity index (χ0v) is 22.7. The lowest BCUT2D eigenvalue weighted by Crippen LogP contribution is -2.44. The van der Waals surface area contributed by atoms with Crippen LogP contribution in [0.4, 0.5) is 0 Å². The largest absolute Gasteiger partial charge is 0.392 e. The third kappa shape index (κ3) is 6.63. The van der Waals surface area contributed by atoms with Crippen molar-refractivity contribution in [1.29, 1.82) is 0 Å². The van der Waals surface area contributed by atoms with Crippen LogP contribution in [0.1, 0.15) is 96.8 Å². The average molecular weight is 511 g/mol. The van der Waals surface area contributed by atoms with Gasteiger partial charge in [-0.05, 0) is 82.5 Å². The fraction of sp³-hybridized carbons (Fsp3) is 0.812. The first-order valence-corrected chi connectivity index (χ1v) is 15.0. The number of ether oxygens (including phenoxy) is 4. The molecule has 2 heterocycles. The summed E-state index contributed by atoms with van der Waals surface area (Å²) in [6, 6.07) is 0. The Balaban J connectivity index is 1.38. The van der Waals surface area contributed by atoms with Crippen LogP contribution in [0.5, 0.6) is 0 Å². The van der Waals surface area contributed by atoms with E-state index in [1.54, 1.807) is 0 Å². The van der Waals surface area contributed by atoms with E-state index >= 15 is 0 Å². The fourth-order valence-corrected chi connectivity index (χ4v) is 7.09. The Hall–Kier alpha value is -1.34. The van der Waals surface area contributed by atoms with Crippen LogP contribution in [0, 0.1) is 46.9 Å². The standard InChI is InChI=1S/C32H46O5/c1-2-3-6-15-32(16-9-17-32)29(37-31-11-5-8-20-35-31)13-12-26-27-22-24(14-18-33)21-25(27)23-28(26)36-30-10-4-7-19-34-30/h14,25-31,33H,2,4-5,7-11,15-23H2,1H3/b24-14+/t25-,26-,27-,28+,29+,30?,31?/m0/s1. The number of rotatable bonds is 7. The SMILES string of the molecule is CCC#CCC1([C@@H](C#C[C@H]2[C@H]3C/C(=C/CO)C[C@H]3C[C@H]2OC2CCCCO2)OC2CCCCO2)CCC1. The third-order valence-electron chi connectivity index (χ3n) is 9.32. The summed E-state index contributed by atoms with van der Waals surface area (Å²) in [4.78, 5) is 0. The van der Waals surface area contributed by atoms with E-state index in [0.29, 0.717) is 11.8 Å². The molecule has 37 heavy (non-hydrogen) atoms. The molecule has 0 aromatic rings. The van der Waals surface area contributed by atoms with Gasteiger partial charge in [-0.2, -0.15) is 0 Å². The lowest BCUT2D eigenvalue weighted by Gasteiger charge is -2.45. The number of hydrogen-bond donors (Lipinski definition) is 1. The number of allylic oxidation sites excluding steroid dienone is 1. The van der Waals surface area contributed by atoms with Gasteiger partial charge in [0, 0.05) is 31.5 Å². The van der Waals surface area contributed by atoms with E-state index in [1.165, 1.54) is 18.4 Å². The van der Waals surface area contributed by atoms with Crippen molar-refractivity contribution >= 4 is 0 Å². The molecule has 204 valence electrons. The monoisotopic (exact) mass is 510 g/mol. The van der Waals surface area contributed by atoms with Crippen LogP contribution in [-0.4, -0.2) is 49.7 Å². The first-order chi connectivity index (χ1) is 18.2. The second-order valence-corrected chi connectivity index (χ2v) is 11.8. The maximum Gasteiger partial charge on any atom is 0.159 e. The van der Waals surface area contributed by atoms with E-state index in [0.717, 1.165) is 90.3 Å². The van der Waals surface area contributed by atoms with E-state index in [-0.39, 0.29) is 42.7 Å². The smallest absolute Gasteiger partial charge is 0.159 e. The molecule has 2 aliphatic heterocycles. The summed E-state index contributed by atoms with van der Waals surface area (Å²) in [5, 5.41) is 9.48. The zero-order chi connectivity index (χ0) is 25.5. The summed E-state index contributed by atoms with van der Waals surface area (Å²) in [6.07, 6.45) is 16.5. The van der Waals surface area contributed by atoms with Crippen molar-refractivity contribution in [3.63, 3.8) is 0 Å². The summed E-state index contributed by atoms with van der Waals surface area (Å²) in [5.41, 5.74) is 1.39. The van der Waals surface area contributed by atoms with Crippen LogP contribution in [0.2, 0.25) is 0 Å². The van der Waals surface area contributed by atoms with Gasteiger partial charge in [0.1, 0.15) is 6.10 Å². The van der Waals surface area contributed by atoms with E-state index in [1.807, 2.05) is 6.08 Å². The predicted octanol–water partition coefficient (Wildman–Crippen LogP) is 5.75. The third-order valence-corrected chi connectivity index (χ3v) is 9.32. The number of aliphatic hydroxyl groups is 1. The van der Waals surface area contributed by atoms with Crippen molar-refractivity contribution in [3.05, 3.63) is 11.6 Å². The molecule has 0 aromatic carbocycles. The van der Waals surface area contributed by atoms with Crippen LogP contribution in [0.25, 0.3) is 0 Å². The van der Waals surface area contributed by atoms with Crippen molar-refractivity contribution in [1.82, 2.24) is 0 Å². The Bertz CT molecular complexity index is 888. The molecule has 5 heteroatoms. The van der Waals surface area contributed by atoms with Crippen LogP contribution in [0.3, 0.4) is 0 Å². The van der Waals surface area contributed by atoms with Crippen LogP contribution < -0.4 is 0 Å². The Kier molecular flexibility index (Phi) is 9.67. The molecule has 7 atom stereocenters. The average Bonchev–Trinajstić information content (AvgIpc) is 3.42. The van der Waals surface area contributed by atoms with E-state index in [2.05, 4.69) is 30.6 Å². The summed E-state index contributed by atoms with van der Waals surface area (Å²) in [6.45, 7) is 3.80. The molecular formula is C32H46O5. The molecule has 0 radical (unpaired) electrons. The highest BCUT2D eigenvalue weighted by Crippen LogP contribution is 2.52. The van der Waals surface area contributed by atoms with Crippen LogP contribution in [-0.2, 0) is 18.9 Å². The number of aliphatic hydroxyl groups excluding tert-OH is 1. The molecule has 0 spiro atoms. The summed E-state index contributed by atoms with van der Waals surface area (Å²) in [7, 11) is 0. The Morgan fingerprint density at radius 1 is 1.03 bits per heavy atom. The van der Waals surface area contributed by atoms with Crippen molar-refractivity contribution in [2.24, 2.45) is 23.2 Å². The molecule has 0 bridgehead atoms. The Morgan fingerprint density at radius 2 is 1.81 bits per heavy atom. The molecule has 0 amide bonds. The van der Waals surface area contributed by atoms with Gasteiger partial charge in [0.2, 0.25) is 0 Å². The number of hydrogen-bond acceptors (Lipinski definition) is 5. The van der Waals surface area contributed by atoms with Gasteiger partial charge in [-0.3, -0.25) is 0 Å². The quantitative estimate of drug-likeness (QED) is 0.349. The first-order valence-electron chi connectivity index (χ1n) is 15.0. The molecule has 3 aliphatic carbocycles. The number of fused-ring (bicyclic) bond motifs is 1. The minimum absolute atomic E-state index is 0.00838. The van der Waals surface area contributed by atoms with Gasteiger partial charge in [0.25, 0.3) is 0 Å². The molecule has 5 aliphatic rings.